The number of carbonyl (C=O) groups excluding carboxylic acids is 1. The summed E-state index contributed by atoms with van der Waals surface area (Å²) in [4.78, 5) is 14.5. The van der Waals surface area contributed by atoms with Gasteiger partial charge in [0, 0.05) is 23.1 Å². The van der Waals surface area contributed by atoms with E-state index in [4.69, 9.17) is 11.6 Å². The molecule has 0 spiro atoms. The van der Waals surface area contributed by atoms with Crippen LogP contribution in [0.3, 0.4) is 0 Å². The number of nitrogens with one attached hydrogen (secondary N) is 1. The maximum atomic E-state index is 12.5. The van der Waals surface area contributed by atoms with Gasteiger partial charge in [-0.15, -0.1) is 0 Å². The lowest BCUT2D eigenvalue weighted by Crippen LogP contribution is -2.45. The molecule has 114 valence electrons. The molecule has 3 rings (SSSR count). The Kier molecular flexibility index (Phi) is 5.09. The summed E-state index contributed by atoms with van der Waals surface area (Å²) >= 11 is 7.87. The minimum atomic E-state index is 0.177. The first kappa shape index (κ1) is 15.2. The molecular formula is C16H21ClN2OS. The van der Waals surface area contributed by atoms with E-state index < -0.39 is 0 Å². The molecule has 1 aliphatic carbocycles. The van der Waals surface area contributed by atoms with E-state index >= 15 is 0 Å². The van der Waals surface area contributed by atoms with Gasteiger partial charge in [0.2, 0.25) is 5.91 Å². The normalized spacial score (nSPS) is 22.3. The Morgan fingerprint density at radius 1 is 1.33 bits per heavy atom. The fraction of sp³-hybridized carbons (Fsp3) is 0.562. The van der Waals surface area contributed by atoms with Crippen LogP contribution in [-0.2, 0) is 4.79 Å². The van der Waals surface area contributed by atoms with Gasteiger partial charge < -0.3 is 10.2 Å². The molecular weight excluding hydrogens is 304 g/mol. The van der Waals surface area contributed by atoms with Crippen molar-refractivity contribution in [2.75, 3.05) is 31.1 Å². The number of hydrogen-bond acceptors (Lipinski definition) is 3. The lowest BCUT2D eigenvalue weighted by Gasteiger charge is -2.36. The van der Waals surface area contributed by atoms with E-state index in [9.17, 15) is 4.79 Å². The van der Waals surface area contributed by atoms with Gasteiger partial charge in [0.25, 0.3) is 0 Å². The number of nitrogens with zero attached hydrogens (tertiary/aromatic N) is 1. The average Bonchev–Trinajstić information content (AvgIpc) is 3.32. The Morgan fingerprint density at radius 2 is 2.10 bits per heavy atom. The van der Waals surface area contributed by atoms with Gasteiger partial charge in [-0.1, -0.05) is 23.7 Å². The van der Waals surface area contributed by atoms with Crippen LogP contribution >= 0.6 is 23.4 Å². The largest absolute Gasteiger partial charge is 0.333 e. The molecule has 1 aromatic rings. The van der Waals surface area contributed by atoms with Gasteiger partial charge in [-0.2, -0.15) is 11.8 Å². The zero-order valence-electron chi connectivity index (χ0n) is 12.1. The van der Waals surface area contributed by atoms with Crippen molar-refractivity contribution in [3.05, 3.63) is 34.9 Å². The molecule has 0 radical (unpaired) electrons. The lowest BCUT2D eigenvalue weighted by atomic mass is 10.1. The van der Waals surface area contributed by atoms with Gasteiger partial charge >= 0.3 is 0 Å². The van der Waals surface area contributed by atoms with Crippen LogP contribution in [0.15, 0.2) is 24.3 Å². The second-order valence-corrected chi connectivity index (χ2v) is 7.39. The first-order valence-corrected chi connectivity index (χ1v) is 9.10. The molecule has 1 aromatic carbocycles. The number of thioether (sulfide) groups is 1. The standard InChI is InChI=1S/C16H21ClN2OS/c17-14-5-3-13(4-6-14)15-11-21-8-7-19(15)16(20)10-18-9-12-1-2-12/h3-6,12,15,18H,1-2,7-11H2. The highest BCUT2D eigenvalue weighted by Crippen LogP contribution is 2.30. The van der Waals surface area contributed by atoms with E-state index in [1.54, 1.807) is 0 Å². The molecule has 1 heterocycles. The van der Waals surface area contributed by atoms with Crippen molar-refractivity contribution in [2.45, 2.75) is 18.9 Å². The first-order chi connectivity index (χ1) is 10.2. The van der Waals surface area contributed by atoms with Crippen LogP contribution in [0.4, 0.5) is 0 Å². The summed E-state index contributed by atoms with van der Waals surface area (Å²) in [5.41, 5.74) is 1.18. The van der Waals surface area contributed by atoms with Gasteiger partial charge in [0.05, 0.1) is 12.6 Å². The molecule has 1 amide bonds. The lowest BCUT2D eigenvalue weighted by molar-refractivity contribution is -0.132. The van der Waals surface area contributed by atoms with Crippen molar-refractivity contribution >= 4 is 29.3 Å². The smallest absolute Gasteiger partial charge is 0.237 e. The highest BCUT2D eigenvalue weighted by atomic mass is 35.5. The molecule has 1 aliphatic heterocycles. The third-order valence-electron chi connectivity index (χ3n) is 4.11. The Hall–Kier alpha value is -0.710. The van der Waals surface area contributed by atoms with E-state index in [2.05, 4.69) is 5.32 Å². The van der Waals surface area contributed by atoms with E-state index in [0.717, 1.165) is 35.5 Å². The van der Waals surface area contributed by atoms with Crippen molar-refractivity contribution in [1.82, 2.24) is 10.2 Å². The third kappa shape index (κ3) is 4.15. The van der Waals surface area contributed by atoms with Gasteiger partial charge in [0.15, 0.2) is 0 Å². The van der Waals surface area contributed by atoms with Crippen LogP contribution in [0.2, 0.25) is 5.02 Å². The Labute approximate surface area is 135 Å². The average molecular weight is 325 g/mol. The summed E-state index contributed by atoms with van der Waals surface area (Å²) in [6.45, 7) is 2.28. The Balaban J connectivity index is 1.62. The zero-order chi connectivity index (χ0) is 14.7. The number of rotatable bonds is 5. The second-order valence-electron chi connectivity index (χ2n) is 5.80. The van der Waals surface area contributed by atoms with Gasteiger partial charge in [-0.05, 0) is 43.0 Å². The molecule has 0 bridgehead atoms. The Morgan fingerprint density at radius 3 is 2.81 bits per heavy atom. The van der Waals surface area contributed by atoms with Gasteiger partial charge in [-0.25, -0.2) is 0 Å². The summed E-state index contributed by atoms with van der Waals surface area (Å²) < 4.78 is 0. The first-order valence-electron chi connectivity index (χ1n) is 7.57. The molecule has 2 fully saturated rings. The minimum Gasteiger partial charge on any atom is -0.333 e. The molecule has 3 nitrogen and oxygen atoms in total. The van der Waals surface area contributed by atoms with Gasteiger partial charge in [-0.3, -0.25) is 4.79 Å². The number of halogens is 1. The van der Waals surface area contributed by atoms with E-state index in [0.29, 0.717) is 6.54 Å². The van der Waals surface area contributed by atoms with Gasteiger partial charge in [0.1, 0.15) is 0 Å². The number of carbonyl (C=O) groups is 1. The predicted octanol–water partition coefficient (Wildman–Crippen LogP) is 2.96. The SMILES string of the molecule is O=C(CNCC1CC1)N1CCSCC1c1ccc(Cl)cc1. The minimum absolute atomic E-state index is 0.177. The molecule has 1 saturated carbocycles. The molecule has 1 unspecified atom stereocenters. The summed E-state index contributed by atoms with van der Waals surface area (Å²) in [7, 11) is 0. The summed E-state index contributed by atoms with van der Waals surface area (Å²) in [6.07, 6.45) is 2.63. The maximum Gasteiger partial charge on any atom is 0.237 e. The predicted molar refractivity (Wildman–Crippen MR) is 88.8 cm³/mol. The molecule has 1 atom stereocenters. The van der Waals surface area contributed by atoms with Crippen LogP contribution in [0.25, 0.3) is 0 Å². The molecule has 0 aromatic heterocycles. The maximum absolute atomic E-state index is 12.5. The molecule has 2 aliphatic rings. The van der Waals surface area contributed by atoms with E-state index in [-0.39, 0.29) is 11.9 Å². The highest BCUT2D eigenvalue weighted by Gasteiger charge is 2.28. The van der Waals surface area contributed by atoms with Crippen LogP contribution in [-0.4, -0.2) is 41.9 Å². The number of benzene rings is 1. The Bertz CT molecular complexity index is 490. The fourth-order valence-corrected chi connectivity index (χ4v) is 3.88. The quantitative estimate of drug-likeness (QED) is 0.903. The number of amides is 1. The second kappa shape index (κ2) is 7.03. The van der Waals surface area contributed by atoms with E-state index in [1.165, 1.54) is 18.4 Å². The van der Waals surface area contributed by atoms with Crippen molar-refractivity contribution in [1.29, 1.82) is 0 Å². The van der Waals surface area contributed by atoms with E-state index in [1.807, 2.05) is 40.9 Å². The van der Waals surface area contributed by atoms with Crippen molar-refractivity contribution < 1.29 is 4.79 Å². The third-order valence-corrected chi connectivity index (χ3v) is 5.38. The number of hydrogen-bond donors (Lipinski definition) is 1. The highest BCUT2D eigenvalue weighted by molar-refractivity contribution is 7.99. The zero-order valence-corrected chi connectivity index (χ0v) is 13.6. The molecule has 21 heavy (non-hydrogen) atoms. The monoisotopic (exact) mass is 324 g/mol. The van der Waals surface area contributed by atoms with Crippen LogP contribution in [0.1, 0.15) is 24.4 Å². The van der Waals surface area contributed by atoms with Crippen LogP contribution in [0, 0.1) is 5.92 Å². The van der Waals surface area contributed by atoms with Crippen LogP contribution in [0.5, 0.6) is 0 Å². The summed E-state index contributed by atoms with van der Waals surface area (Å²) in [5.74, 6) is 3.02. The fourth-order valence-electron chi connectivity index (χ4n) is 2.67. The summed E-state index contributed by atoms with van der Waals surface area (Å²) in [6, 6.07) is 8.07. The van der Waals surface area contributed by atoms with Crippen LogP contribution < -0.4 is 5.32 Å². The molecule has 1 N–H and O–H groups in total. The van der Waals surface area contributed by atoms with Crippen molar-refractivity contribution in [3.8, 4) is 0 Å². The topological polar surface area (TPSA) is 32.3 Å². The van der Waals surface area contributed by atoms with Crippen molar-refractivity contribution in [3.63, 3.8) is 0 Å². The van der Waals surface area contributed by atoms with Crippen molar-refractivity contribution in [2.24, 2.45) is 5.92 Å². The summed E-state index contributed by atoms with van der Waals surface area (Å²) in [5, 5.41) is 4.05. The molecule has 1 saturated heterocycles. The molecule has 5 heteroatoms.